The van der Waals surface area contributed by atoms with Gasteiger partial charge in [0.05, 0.1) is 19.2 Å². The molecule has 1 aliphatic heterocycles. The number of nitrogens with one attached hydrogen (secondary N) is 1. The number of carbonyl (C=O) groups excluding carboxylic acids is 1. The summed E-state index contributed by atoms with van der Waals surface area (Å²) in [6, 6.07) is 15.6. The van der Waals surface area contributed by atoms with Crippen LogP contribution in [-0.2, 0) is 11.3 Å². The average molecular weight is 345 g/mol. The minimum atomic E-state index is 0.00579. The highest BCUT2D eigenvalue weighted by molar-refractivity contribution is 6.31. The summed E-state index contributed by atoms with van der Waals surface area (Å²) in [4.78, 5) is 14.3. The van der Waals surface area contributed by atoms with E-state index in [2.05, 4.69) is 5.32 Å². The summed E-state index contributed by atoms with van der Waals surface area (Å²) in [6.45, 7) is 1.58. The molecule has 126 valence electrons. The van der Waals surface area contributed by atoms with Crippen molar-refractivity contribution >= 4 is 17.5 Å². The van der Waals surface area contributed by atoms with E-state index in [-0.39, 0.29) is 11.9 Å². The van der Waals surface area contributed by atoms with Crippen molar-refractivity contribution in [1.29, 1.82) is 0 Å². The number of nitrogens with zero attached hydrogens (tertiary/aromatic N) is 1. The normalized spacial score (nSPS) is 16.4. The number of likely N-dealkylation sites (N-methyl/N-ethyl adjacent to an activating group) is 1. The van der Waals surface area contributed by atoms with Gasteiger partial charge in [0.1, 0.15) is 5.75 Å². The van der Waals surface area contributed by atoms with E-state index in [4.69, 9.17) is 16.3 Å². The molecule has 1 amide bonds. The van der Waals surface area contributed by atoms with Crippen molar-refractivity contribution in [3.63, 3.8) is 0 Å². The number of hydrogen-bond acceptors (Lipinski definition) is 3. The lowest BCUT2D eigenvalue weighted by atomic mass is 10.0. The van der Waals surface area contributed by atoms with Crippen molar-refractivity contribution < 1.29 is 9.53 Å². The Morgan fingerprint density at radius 3 is 2.83 bits per heavy atom. The molecule has 5 heteroatoms. The van der Waals surface area contributed by atoms with Crippen molar-refractivity contribution in [2.75, 3.05) is 20.2 Å². The van der Waals surface area contributed by atoms with Crippen LogP contribution in [0.1, 0.15) is 23.6 Å². The first kappa shape index (κ1) is 16.8. The standard InChI is InChI=1S/C19H21ClN2O2/c1-22(12-14-6-2-4-8-16(14)20)13-19(23)21-17-10-11-24-18-9-5-3-7-15(17)18/h2-9,17H,10-13H2,1H3,(H,21,23). The van der Waals surface area contributed by atoms with Gasteiger partial charge in [-0.25, -0.2) is 0 Å². The molecule has 0 saturated carbocycles. The highest BCUT2D eigenvalue weighted by Crippen LogP contribution is 2.31. The first-order valence-corrected chi connectivity index (χ1v) is 8.44. The molecule has 1 atom stereocenters. The van der Waals surface area contributed by atoms with Crippen molar-refractivity contribution in [2.45, 2.75) is 19.0 Å². The highest BCUT2D eigenvalue weighted by atomic mass is 35.5. The SMILES string of the molecule is CN(CC(=O)NC1CCOc2ccccc21)Cc1ccccc1Cl. The maximum absolute atomic E-state index is 12.4. The van der Waals surface area contributed by atoms with Crippen LogP contribution >= 0.6 is 11.6 Å². The van der Waals surface area contributed by atoms with Crippen LogP contribution in [0.3, 0.4) is 0 Å². The van der Waals surface area contributed by atoms with Gasteiger partial charge < -0.3 is 10.1 Å². The Bertz CT molecular complexity index is 720. The molecule has 2 aromatic carbocycles. The zero-order valence-electron chi connectivity index (χ0n) is 13.7. The maximum Gasteiger partial charge on any atom is 0.234 e. The number of ether oxygens (including phenoxy) is 1. The second-order valence-electron chi connectivity index (χ2n) is 6.06. The van der Waals surface area contributed by atoms with Gasteiger partial charge in [-0.1, -0.05) is 48.0 Å². The molecule has 0 spiro atoms. The lowest BCUT2D eigenvalue weighted by Gasteiger charge is -2.27. The van der Waals surface area contributed by atoms with Crippen LogP contribution in [0.15, 0.2) is 48.5 Å². The predicted octanol–water partition coefficient (Wildman–Crippen LogP) is 3.41. The number of halogens is 1. The van der Waals surface area contributed by atoms with Gasteiger partial charge in [0.15, 0.2) is 0 Å². The van der Waals surface area contributed by atoms with E-state index < -0.39 is 0 Å². The minimum absolute atomic E-state index is 0.00579. The first-order chi connectivity index (χ1) is 11.6. The van der Waals surface area contributed by atoms with Gasteiger partial charge in [-0.2, -0.15) is 0 Å². The largest absolute Gasteiger partial charge is 0.493 e. The number of para-hydroxylation sites is 1. The third-order valence-corrected chi connectivity index (χ3v) is 4.47. The molecule has 0 bridgehead atoms. The zero-order chi connectivity index (χ0) is 16.9. The fourth-order valence-corrected chi connectivity index (χ4v) is 3.15. The number of fused-ring (bicyclic) bond motifs is 1. The van der Waals surface area contributed by atoms with Gasteiger partial charge in [-0.05, 0) is 24.7 Å². The average Bonchev–Trinajstić information content (AvgIpc) is 2.57. The molecule has 2 aromatic rings. The van der Waals surface area contributed by atoms with Crippen molar-refractivity contribution in [1.82, 2.24) is 10.2 Å². The number of amides is 1. The molecule has 4 nitrogen and oxygen atoms in total. The summed E-state index contributed by atoms with van der Waals surface area (Å²) in [6.07, 6.45) is 0.789. The Balaban J connectivity index is 1.57. The van der Waals surface area contributed by atoms with Crippen LogP contribution in [0.2, 0.25) is 5.02 Å². The van der Waals surface area contributed by atoms with Crippen molar-refractivity contribution in [3.8, 4) is 5.75 Å². The molecule has 0 radical (unpaired) electrons. The van der Waals surface area contributed by atoms with E-state index in [1.54, 1.807) is 0 Å². The lowest BCUT2D eigenvalue weighted by molar-refractivity contribution is -0.123. The van der Waals surface area contributed by atoms with Crippen LogP contribution in [-0.4, -0.2) is 31.0 Å². The second-order valence-corrected chi connectivity index (χ2v) is 6.47. The third-order valence-electron chi connectivity index (χ3n) is 4.11. The van der Waals surface area contributed by atoms with Crippen molar-refractivity contribution in [3.05, 3.63) is 64.7 Å². The number of carbonyl (C=O) groups is 1. The second kappa shape index (κ2) is 7.69. The number of benzene rings is 2. The van der Waals surface area contributed by atoms with Crippen LogP contribution < -0.4 is 10.1 Å². The summed E-state index contributed by atoms with van der Waals surface area (Å²) in [5.74, 6) is 0.865. The summed E-state index contributed by atoms with van der Waals surface area (Å²) in [5, 5.41) is 3.84. The fourth-order valence-electron chi connectivity index (χ4n) is 2.95. The van der Waals surface area contributed by atoms with E-state index in [1.165, 1.54) is 0 Å². The van der Waals surface area contributed by atoms with Crippen LogP contribution in [0.4, 0.5) is 0 Å². The molecule has 0 saturated heterocycles. The van der Waals surface area contributed by atoms with Gasteiger partial charge in [0.2, 0.25) is 5.91 Å². The Morgan fingerprint density at radius 1 is 1.25 bits per heavy atom. The summed E-state index contributed by atoms with van der Waals surface area (Å²) in [7, 11) is 1.92. The molecular weight excluding hydrogens is 324 g/mol. The first-order valence-electron chi connectivity index (χ1n) is 8.06. The predicted molar refractivity (Wildman–Crippen MR) is 95.2 cm³/mol. The molecule has 24 heavy (non-hydrogen) atoms. The van der Waals surface area contributed by atoms with Gasteiger partial charge in [0.25, 0.3) is 0 Å². The molecule has 0 aromatic heterocycles. The fraction of sp³-hybridized carbons (Fsp3) is 0.316. The van der Waals surface area contributed by atoms with Gasteiger partial charge in [0, 0.05) is 23.6 Å². The maximum atomic E-state index is 12.4. The Hall–Kier alpha value is -2.04. The highest BCUT2D eigenvalue weighted by Gasteiger charge is 2.22. The molecule has 3 rings (SSSR count). The van der Waals surface area contributed by atoms with E-state index in [0.717, 1.165) is 28.3 Å². The van der Waals surface area contributed by atoms with Gasteiger partial charge >= 0.3 is 0 Å². The van der Waals surface area contributed by atoms with E-state index in [0.29, 0.717) is 19.7 Å². The molecule has 0 aliphatic carbocycles. The topological polar surface area (TPSA) is 41.6 Å². The zero-order valence-corrected chi connectivity index (χ0v) is 14.4. The summed E-state index contributed by atoms with van der Waals surface area (Å²) >= 11 is 6.18. The third kappa shape index (κ3) is 4.08. The van der Waals surface area contributed by atoms with Crippen molar-refractivity contribution in [2.24, 2.45) is 0 Å². The molecule has 0 fully saturated rings. The quantitative estimate of drug-likeness (QED) is 0.903. The molecule has 1 aliphatic rings. The van der Waals surface area contributed by atoms with E-state index in [1.807, 2.05) is 60.5 Å². The minimum Gasteiger partial charge on any atom is -0.493 e. The Kier molecular flexibility index (Phi) is 5.38. The Morgan fingerprint density at radius 2 is 2.00 bits per heavy atom. The molecule has 1 heterocycles. The molecule has 1 N–H and O–H groups in total. The van der Waals surface area contributed by atoms with E-state index >= 15 is 0 Å². The van der Waals surface area contributed by atoms with Crippen LogP contribution in [0, 0.1) is 0 Å². The molecule has 1 unspecified atom stereocenters. The number of hydrogen-bond donors (Lipinski definition) is 1. The monoisotopic (exact) mass is 344 g/mol. The molecular formula is C19H21ClN2O2. The van der Waals surface area contributed by atoms with E-state index in [9.17, 15) is 4.79 Å². The smallest absolute Gasteiger partial charge is 0.234 e. The lowest BCUT2D eigenvalue weighted by Crippen LogP contribution is -2.38. The van der Waals surface area contributed by atoms with Gasteiger partial charge in [-0.15, -0.1) is 0 Å². The Labute approximate surface area is 147 Å². The summed E-state index contributed by atoms with van der Waals surface area (Å²) in [5.41, 5.74) is 2.07. The number of rotatable bonds is 5. The van der Waals surface area contributed by atoms with Crippen LogP contribution in [0.5, 0.6) is 5.75 Å². The summed E-state index contributed by atoms with van der Waals surface area (Å²) < 4.78 is 5.63. The van der Waals surface area contributed by atoms with Gasteiger partial charge in [-0.3, -0.25) is 9.69 Å². The van der Waals surface area contributed by atoms with Crippen LogP contribution in [0.25, 0.3) is 0 Å².